The van der Waals surface area contributed by atoms with Gasteiger partial charge in [0.15, 0.2) is 0 Å². The van der Waals surface area contributed by atoms with E-state index in [2.05, 4.69) is 66.4 Å². The van der Waals surface area contributed by atoms with Crippen LogP contribution < -0.4 is 5.19 Å². The third-order valence-electron chi connectivity index (χ3n) is 7.56. The minimum absolute atomic E-state index is 0.799. The predicted octanol–water partition coefficient (Wildman–Crippen LogP) is 6.75. The van der Waals surface area contributed by atoms with Gasteiger partial charge in [0, 0.05) is 0 Å². The summed E-state index contributed by atoms with van der Waals surface area (Å²) in [6, 6.07) is 22.9. The van der Waals surface area contributed by atoms with Gasteiger partial charge in [-0.05, 0) is 59.4 Å². The molecule has 2 fully saturated rings. The van der Waals surface area contributed by atoms with E-state index in [1.807, 2.05) is 5.57 Å². The van der Waals surface area contributed by atoms with E-state index >= 15 is 0 Å². The first kappa shape index (κ1) is 19.1. The first-order chi connectivity index (χ1) is 14.4. The summed E-state index contributed by atoms with van der Waals surface area (Å²) in [6.45, 7) is 0. The molecule has 1 unspecified atom stereocenters. The maximum absolute atomic E-state index is 2.83. The third-order valence-corrected chi connectivity index (χ3v) is 10.6. The Hall–Kier alpha value is -1.86. The van der Waals surface area contributed by atoms with Crippen molar-refractivity contribution in [1.82, 2.24) is 0 Å². The van der Waals surface area contributed by atoms with Gasteiger partial charge in [0.1, 0.15) is 8.80 Å². The second kappa shape index (κ2) is 8.88. The SMILES string of the molecule is C1=C(C2CCCCC2)C(C2CCCCC2)=C(c2ccccc2)[SiH]1c1ccccc1. The first-order valence-corrected chi connectivity index (χ1v) is 13.8. The van der Waals surface area contributed by atoms with E-state index in [4.69, 9.17) is 0 Å². The largest absolute Gasteiger partial charge is 0.126 e. The Kier molecular flexibility index (Phi) is 5.85. The molecular formula is C28H34Si. The van der Waals surface area contributed by atoms with Crippen molar-refractivity contribution in [1.29, 1.82) is 0 Å². The van der Waals surface area contributed by atoms with Crippen LogP contribution in [0, 0.1) is 11.8 Å². The Morgan fingerprint density at radius 2 is 1.14 bits per heavy atom. The van der Waals surface area contributed by atoms with Gasteiger partial charge in [0.2, 0.25) is 0 Å². The first-order valence-electron chi connectivity index (χ1n) is 12.0. The molecule has 1 heteroatoms. The molecule has 0 N–H and O–H groups in total. The Morgan fingerprint density at radius 3 is 1.76 bits per heavy atom. The molecule has 2 saturated carbocycles. The molecule has 3 aliphatic rings. The predicted molar refractivity (Wildman–Crippen MR) is 128 cm³/mol. The lowest BCUT2D eigenvalue weighted by atomic mass is 9.74. The highest BCUT2D eigenvalue weighted by Crippen LogP contribution is 2.47. The highest BCUT2D eigenvalue weighted by atomic mass is 28.3. The summed E-state index contributed by atoms with van der Waals surface area (Å²) in [6.07, 6.45) is 14.2. The van der Waals surface area contributed by atoms with Gasteiger partial charge < -0.3 is 0 Å². The van der Waals surface area contributed by atoms with Crippen molar-refractivity contribution in [3.05, 3.63) is 83.1 Å². The highest BCUT2D eigenvalue weighted by molar-refractivity contribution is 6.95. The van der Waals surface area contributed by atoms with E-state index in [1.165, 1.54) is 69.8 Å². The maximum Gasteiger partial charge on any atom is 0.126 e. The minimum atomic E-state index is -1.32. The van der Waals surface area contributed by atoms with Crippen LogP contribution >= 0.6 is 0 Å². The number of hydrogen-bond donors (Lipinski definition) is 0. The molecule has 0 amide bonds. The zero-order chi connectivity index (χ0) is 19.5. The number of benzene rings is 2. The topological polar surface area (TPSA) is 0 Å². The second-order valence-corrected chi connectivity index (χ2v) is 11.9. The Bertz CT molecular complexity index is 865. The fourth-order valence-electron chi connectivity index (χ4n) is 6.17. The number of allylic oxidation sites excluding steroid dienone is 2. The van der Waals surface area contributed by atoms with Crippen molar-refractivity contribution in [2.45, 2.75) is 64.2 Å². The zero-order valence-electron chi connectivity index (χ0n) is 17.7. The van der Waals surface area contributed by atoms with Crippen molar-refractivity contribution in [2.75, 3.05) is 0 Å². The molecule has 1 atom stereocenters. The van der Waals surface area contributed by atoms with Gasteiger partial charge in [-0.1, -0.05) is 110 Å². The van der Waals surface area contributed by atoms with E-state index in [9.17, 15) is 0 Å². The highest BCUT2D eigenvalue weighted by Gasteiger charge is 2.37. The monoisotopic (exact) mass is 398 g/mol. The Labute approximate surface area is 178 Å². The van der Waals surface area contributed by atoms with E-state index in [0.29, 0.717) is 0 Å². The normalized spacial score (nSPS) is 24.0. The van der Waals surface area contributed by atoms with E-state index in [-0.39, 0.29) is 0 Å². The molecule has 0 saturated heterocycles. The average Bonchev–Trinajstić information content (AvgIpc) is 3.22. The van der Waals surface area contributed by atoms with Crippen LogP contribution in [0.1, 0.15) is 69.8 Å². The quantitative estimate of drug-likeness (QED) is 0.499. The van der Waals surface area contributed by atoms with E-state index < -0.39 is 8.80 Å². The lowest BCUT2D eigenvalue weighted by Gasteiger charge is -2.32. The summed E-state index contributed by atoms with van der Waals surface area (Å²) in [5, 5.41) is 3.37. The van der Waals surface area contributed by atoms with Crippen molar-refractivity contribution >= 4 is 19.2 Å². The molecule has 29 heavy (non-hydrogen) atoms. The summed E-state index contributed by atoms with van der Waals surface area (Å²) in [4.78, 5) is 0. The van der Waals surface area contributed by atoms with Crippen LogP contribution in [0.15, 0.2) is 77.5 Å². The van der Waals surface area contributed by atoms with Gasteiger partial charge in [0.25, 0.3) is 0 Å². The zero-order valence-corrected chi connectivity index (χ0v) is 18.8. The molecule has 0 aromatic heterocycles. The molecule has 0 radical (unpaired) electrons. The Balaban J connectivity index is 1.66. The van der Waals surface area contributed by atoms with Crippen LogP contribution in [-0.4, -0.2) is 8.80 Å². The van der Waals surface area contributed by atoms with Gasteiger partial charge in [-0.2, -0.15) is 0 Å². The smallest absolute Gasteiger partial charge is 0.0850 e. The summed E-state index contributed by atoms with van der Waals surface area (Å²) < 4.78 is 0. The summed E-state index contributed by atoms with van der Waals surface area (Å²) in [5.41, 5.74) is 7.97. The van der Waals surface area contributed by atoms with Gasteiger partial charge in [-0.15, -0.1) is 0 Å². The molecule has 150 valence electrons. The van der Waals surface area contributed by atoms with Crippen molar-refractivity contribution in [2.24, 2.45) is 11.8 Å². The summed E-state index contributed by atoms with van der Waals surface area (Å²) in [7, 11) is -1.32. The molecular weight excluding hydrogens is 364 g/mol. The molecule has 2 aromatic carbocycles. The van der Waals surface area contributed by atoms with Crippen LogP contribution in [0.25, 0.3) is 5.20 Å². The van der Waals surface area contributed by atoms with Crippen LogP contribution in [0.4, 0.5) is 0 Å². The van der Waals surface area contributed by atoms with Crippen molar-refractivity contribution in [3.8, 4) is 0 Å². The molecule has 0 nitrogen and oxygen atoms in total. The standard InChI is InChI=1S/C28H34Si/c1-5-13-22(14-6-1)26-21-29(25-19-11-4-12-20-25)28(24-17-9-3-10-18-24)27(26)23-15-7-2-8-16-23/h3-4,9-12,17-23,29H,1-2,5-8,13-16H2. The van der Waals surface area contributed by atoms with E-state index in [0.717, 1.165) is 11.8 Å². The van der Waals surface area contributed by atoms with Crippen LogP contribution in [-0.2, 0) is 0 Å². The molecule has 0 bridgehead atoms. The third kappa shape index (κ3) is 3.94. The fraction of sp³-hybridized carbons (Fsp3) is 0.429. The van der Waals surface area contributed by atoms with Gasteiger partial charge in [-0.25, -0.2) is 0 Å². The molecule has 5 rings (SSSR count). The van der Waals surface area contributed by atoms with Gasteiger partial charge in [-0.3, -0.25) is 0 Å². The lowest BCUT2D eigenvalue weighted by Crippen LogP contribution is -2.29. The molecule has 2 aliphatic carbocycles. The molecule has 0 spiro atoms. The molecule has 1 heterocycles. The number of hydrogen-bond acceptors (Lipinski definition) is 0. The minimum Gasteiger partial charge on any atom is -0.0850 e. The van der Waals surface area contributed by atoms with Crippen LogP contribution in [0.5, 0.6) is 0 Å². The van der Waals surface area contributed by atoms with Crippen LogP contribution in [0.3, 0.4) is 0 Å². The fourth-order valence-corrected chi connectivity index (χ4v) is 9.60. The van der Waals surface area contributed by atoms with Gasteiger partial charge in [0.05, 0.1) is 0 Å². The number of rotatable bonds is 4. The summed E-state index contributed by atoms with van der Waals surface area (Å²) in [5.74, 6) is 1.62. The molecule has 2 aromatic rings. The average molecular weight is 399 g/mol. The van der Waals surface area contributed by atoms with Gasteiger partial charge >= 0.3 is 0 Å². The maximum atomic E-state index is 2.83. The molecule has 1 aliphatic heterocycles. The van der Waals surface area contributed by atoms with Crippen LogP contribution in [0.2, 0.25) is 0 Å². The lowest BCUT2D eigenvalue weighted by molar-refractivity contribution is 0.376. The second-order valence-electron chi connectivity index (χ2n) is 9.37. The van der Waals surface area contributed by atoms with Crippen molar-refractivity contribution in [3.63, 3.8) is 0 Å². The Morgan fingerprint density at radius 1 is 0.586 bits per heavy atom. The van der Waals surface area contributed by atoms with Crippen molar-refractivity contribution < 1.29 is 0 Å². The summed E-state index contributed by atoms with van der Waals surface area (Å²) >= 11 is 0. The van der Waals surface area contributed by atoms with E-state index in [1.54, 1.807) is 16.0 Å².